The van der Waals surface area contributed by atoms with Crippen LogP contribution in [0.3, 0.4) is 0 Å². The first kappa shape index (κ1) is 39.6. The van der Waals surface area contributed by atoms with Gasteiger partial charge in [0.05, 0.1) is 11.0 Å². The van der Waals surface area contributed by atoms with Gasteiger partial charge < -0.3 is 4.57 Å². The number of nitrogens with zero attached hydrogens (tertiary/aromatic N) is 7. The highest BCUT2D eigenvalue weighted by Gasteiger charge is 2.19. The van der Waals surface area contributed by atoms with Crippen LogP contribution in [0, 0.1) is 0 Å². The van der Waals surface area contributed by atoms with Gasteiger partial charge in [0.25, 0.3) is 0 Å². The second-order valence-electron chi connectivity index (χ2n) is 16.7. The number of aromatic nitrogens is 7. The van der Waals surface area contributed by atoms with Crippen molar-refractivity contribution in [3.8, 4) is 84.9 Å². The van der Waals surface area contributed by atoms with E-state index in [9.17, 15) is 0 Å². The molecule has 0 fully saturated rings. The lowest BCUT2D eigenvalue weighted by molar-refractivity contribution is 0.764. The predicted octanol–water partition coefficient (Wildman–Crippen LogP) is 14.4. The van der Waals surface area contributed by atoms with Gasteiger partial charge in [-0.15, -0.1) is 0 Å². The topological polar surface area (TPSA) is 82.3 Å². The zero-order valence-electron chi connectivity index (χ0n) is 36.4. The molecule has 11 aromatic rings. The summed E-state index contributed by atoms with van der Waals surface area (Å²) in [6.07, 6.45) is 9.34. The number of allylic oxidation sites excluding steroid dienone is 4. The van der Waals surface area contributed by atoms with Gasteiger partial charge in [0.15, 0.2) is 29.1 Å². The van der Waals surface area contributed by atoms with Crippen molar-refractivity contribution >= 4 is 21.8 Å². The standard InChI is InChI=1S/C60H41N7/c1-6-16-42(17-7-1)55-61-56(43-18-8-2-9-19-43)64-59(63-55)46-30-26-40(27-31-46)48-34-36-53-51(38-48)52-39-49(35-37-54(52)67(53)50-24-14-5-15-25-50)41-28-32-47(33-29-41)60-65-57(44-20-10-3-11-21-44)62-58(66-60)45-22-12-4-13-23-45/h1-22,24-39,45H,23H2. The van der Waals surface area contributed by atoms with Crippen LogP contribution in [0.4, 0.5) is 0 Å². The molecule has 0 spiro atoms. The second kappa shape index (κ2) is 17.2. The Morgan fingerprint density at radius 1 is 0.328 bits per heavy atom. The summed E-state index contributed by atoms with van der Waals surface area (Å²) in [4.78, 5) is 29.8. The SMILES string of the molecule is C1=CCC(c2nc(-c3ccccc3)nc(-c3ccc(-c4ccc5c(c4)c4cc(-c6ccc(-c7nc(-c8ccccc8)nc(-c8ccccc8)n7)cc6)ccc4n5-c4ccccc4)cc3)n2)C=C1. The normalized spacial score (nSPS) is 13.3. The lowest BCUT2D eigenvalue weighted by atomic mass is 9.99. The van der Waals surface area contributed by atoms with Crippen LogP contribution in [-0.4, -0.2) is 34.5 Å². The van der Waals surface area contributed by atoms with Gasteiger partial charge in [-0.3, -0.25) is 0 Å². The Labute approximate surface area is 388 Å². The number of para-hydroxylation sites is 1. The first-order valence-electron chi connectivity index (χ1n) is 22.6. The minimum absolute atomic E-state index is 0.0992. The van der Waals surface area contributed by atoms with Crippen molar-refractivity contribution in [2.45, 2.75) is 12.3 Å². The third-order valence-corrected chi connectivity index (χ3v) is 12.4. The molecular formula is C60H41N7. The summed E-state index contributed by atoms with van der Waals surface area (Å²) >= 11 is 0. The van der Waals surface area contributed by atoms with Crippen molar-refractivity contribution in [3.63, 3.8) is 0 Å². The molecule has 0 bridgehead atoms. The van der Waals surface area contributed by atoms with Crippen molar-refractivity contribution in [1.82, 2.24) is 34.5 Å². The summed E-state index contributed by atoms with van der Waals surface area (Å²) in [6, 6.07) is 71.6. The maximum absolute atomic E-state index is 5.03. The highest BCUT2D eigenvalue weighted by molar-refractivity contribution is 6.11. The largest absolute Gasteiger partial charge is 0.309 e. The van der Waals surface area contributed by atoms with E-state index in [1.165, 1.54) is 10.8 Å². The van der Waals surface area contributed by atoms with Crippen molar-refractivity contribution in [3.05, 3.63) is 236 Å². The number of hydrogen-bond acceptors (Lipinski definition) is 6. The fourth-order valence-electron chi connectivity index (χ4n) is 8.97. The number of rotatable bonds is 9. The molecule has 8 aromatic carbocycles. The molecule has 12 rings (SSSR count). The number of fused-ring (bicyclic) bond motifs is 3. The van der Waals surface area contributed by atoms with Crippen LogP contribution in [0.15, 0.2) is 231 Å². The minimum Gasteiger partial charge on any atom is -0.309 e. The summed E-state index contributed by atoms with van der Waals surface area (Å²) in [6.45, 7) is 0. The van der Waals surface area contributed by atoms with Gasteiger partial charge in [0, 0.05) is 50.2 Å². The maximum Gasteiger partial charge on any atom is 0.164 e. The van der Waals surface area contributed by atoms with E-state index in [-0.39, 0.29) is 5.92 Å². The smallest absolute Gasteiger partial charge is 0.164 e. The van der Waals surface area contributed by atoms with E-state index in [2.05, 4.69) is 144 Å². The molecule has 0 radical (unpaired) electrons. The van der Waals surface area contributed by atoms with Crippen molar-refractivity contribution in [2.24, 2.45) is 0 Å². The molecule has 3 aromatic heterocycles. The van der Waals surface area contributed by atoms with Gasteiger partial charge in [-0.2, -0.15) is 0 Å². The predicted molar refractivity (Wildman–Crippen MR) is 271 cm³/mol. The molecule has 1 atom stereocenters. The number of hydrogen-bond donors (Lipinski definition) is 0. The van der Waals surface area contributed by atoms with Crippen LogP contribution < -0.4 is 0 Å². The van der Waals surface area contributed by atoms with E-state index in [0.717, 1.165) is 79.0 Å². The molecule has 7 nitrogen and oxygen atoms in total. The van der Waals surface area contributed by atoms with Crippen LogP contribution in [0.5, 0.6) is 0 Å². The van der Waals surface area contributed by atoms with Crippen LogP contribution in [-0.2, 0) is 0 Å². The quantitative estimate of drug-likeness (QED) is 0.144. The van der Waals surface area contributed by atoms with Gasteiger partial charge in [0.1, 0.15) is 5.82 Å². The van der Waals surface area contributed by atoms with E-state index in [1.54, 1.807) is 0 Å². The van der Waals surface area contributed by atoms with Crippen molar-refractivity contribution in [2.75, 3.05) is 0 Å². The third kappa shape index (κ3) is 7.79. The number of benzene rings is 8. The van der Waals surface area contributed by atoms with Gasteiger partial charge in [-0.05, 0) is 65.1 Å². The molecule has 0 amide bonds. The molecule has 7 heteroatoms. The summed E-state index contributed by atoms with van der Waals surface area (Å²) in [5, 5.41) is 2.35. The first-order valence-corrected chi connectivity index (χ1v) is 22.6. The molecule has 0 saturated carbocycles. The highest BCUT2D eigenvalue weighted by Crippen LogP contribution is 2.38. The maximum atomic E-state index is 5.03. The van der Waals surface area contributed by atoms with E-state index < -0.39 is 0 Å². The lowest BCUT2D eigenvalue weighted by Crippen LogP contribution is -2.07. The van der Waals surface area contributed by atoms with E-state index in [4.69, 9.17) is 29.9 Å². The summed E-state index contributed by atoms with van der Waals surface area (Å²) in [5.74, 6) is 4.14. The van der Waals surface area contributed by atoms with Gasteiger partial charge >= 0.3 is 0 Å². The van der Waals surface area contributed by atoms with E-state index >= 15 is 0 Å². The molecular weight excluding hydrogens is 819 g/mol. The fraction of sp³-hybridized carbons (Fsp3) is 0.0333. The Morgan fingerprint density at radius 2 is 0.687 bits per heavy atom. The average molecular weight is 860 g/mol. The summed E-state index contributed by atoms with van der Waals surface area (Å²) in [7, 11) is 0. The van der Waals surface area contributed by atoms with Crippen LogP contribution in [0.25, 0.3) is 107 Å². The van der Waals surface area contributed by atoms with Gasteiger partial charge in [0.2, 0.25) is 0 Å². The molecule has 0 aliphatic heterocycles. The molecule has 0 N–H and O–H groups in total. The molecule has 0 saturated heterocycles. The van der Waals surface area contributed by atoms with E-state index in [1.807, 2.05) is 91.0 Å². The molecule has 1 unspecified atom stereocenters. The molecule has 1 aliphatic rings. The first-order chi connectivity index (χ1) is 33.2. The minimum atomic E-state index is 0.0992. The molecule has 3 heterocycles. The Kier molecular flexibility index (Phi) is 10.2. The Morgan fingerprint density at radius 3 is 1.09 bits per heavy atom. The van der Waals surface area contributed by atoms with Gasteiger partial charge in [-0.1, -0.05) is 194 Å². The van der Waals surface area contributed by atoms with E-state index in [0.29, 0.717) is 29.1 Å². The molecule has 316 valence electrons. The average Bonchev–Trinajstić information content (AvgIpc) is 3.75. The molecule has 1 aliphatic carbocycles. The van der Waals surface area contributed by atoms with Crippen molar-refractivity contribution < 1.29 is 0 Å². The van der Waals surface area contributed by atoms with Crippen LogP contribution >= 0.6 is 0 Å². The fourth-order valence-corrected chi connectivity index (χ4v) is 8.97. The van der Waals surface area contributed by atoms with Crippen LogP contribution in [0.2, 0.25) is 0 Å². The van der Waals surface area contributed by atoms with Gasteiger partial charge in [-0.25, -0.2) is 29.9 Å². The zero-order chi connectivity index (χ0) is 44.5. The zero-order valence-corrected chi connectivity index (χ0v) is 36.4. The second-order valence-corrected chi connectivity index (χ2v) is 16.7. The Hall–Kier alpha value is -8.94. The lowest BCUT2D eigenvalue weighted by Gasteiger charge is -2.14. The summed E-state index contributed by atoms with van der Waals surface area (Å²) in [5.41, 5.74) is 12.6. The highest BCUT2D eigenvalue weighted by atomic mass is 15.0. The molecule has 67 heavy (non-hydrogen) atoms. The Balaban J connectivity index is 0.911. The monoisotopic (exact) mass is 859 g/mol. The van der Waals surface area contributed by atoms with Crippen molar-refractivity contribution in [1.29, 1.82) is 0 Å². The van der Waals surface area contributed by atoms with Crippen LogP contribution in [0.1, 0.15) is 18.2 Å². The Bertz CT molecular complexity index is 3560. The third-order valence-electron chi connectivity index (χ3n) is 12.4. The summed E-state index contributed by atoms with van der Waals surface area (Å²) < 4.78 is 2.36.